The summed E-state index contributed by atoms with van der Waals surface area (Å²) in [5, 5.41) is 2.66. The van der Waals surface area contributed by atoms with E-state index in [1.165, 1.54) is 0 Å². The molecule has 1 saturated carbocycles. The van der Waals surface area contributed by atoms with Gasteiger partial charge in [0, 0.05) is 18.5 Å². The molecule has 0 unspecified atom stereocenters. The van der Waals surface area contributed by atoms with E-state index < -0.39 is 11.3 Å². The van der Waals surface area contributed by atoms with Crippen molar-refractivity contribution in [3.8, 4) is 0 Å². The summed E-state index contributed by atoms with van der Waals surface area (Å²) in [6.45, 7) is 0. The van der Waals surface area contributed by atoms with Gasteiger partial charge in [-0.15, -0.1) is 0 Å². The molecule has 1 aromatic carbocycles. The zero-order valence-corrected chi connectivity index (χ0v) is 7.89. The minimum atomic E-state index is -2.69. The summed E-state index contributed by atoms with van der Waals surface area (Å²) in [7, 11) is 0. The molecule has 0 bridgehead atoms. The van der Waals surface area contributed by atoms with Gasteiger partial charge in [0.2, 0.25) is 5.91 Å². The Hall–Kier alpha value is -1.45. The van der Waals surface area contributed by atoms with Crippen LogP contribution < -0.4 is 5.32 Å². The lowest BCUT2D eigenvalue weighted by molar-refractivity contribution is -0.152. The van der Waals surface area contributed by atoms with Crippen molar-refractivity contribution in [3.63, 3.8) is 0 Å². The summed E-state index contributed by atoms with van der Waals surface area (Å²) < 4.78 is 25.8. The Morgan fingerprint density at radius 2 is 1.87 bits per heavy atom. The largest absolute Gasteiger partial charge is 0.325 e. The van der Waals surface area contributed by atoms with E-state index in [1.54, 1.807) is 24.3 Å². The van der Waals surface area contributed by atoms with Crippen molar-refractivity contribution in [1.29, 1.82) is 0 Å². The Morgan fingerprint density at radius 3 is 2.53 bits per heavy atom. The van der Waals surface area contributed by atoms with Gasteiger partial charge in [0.15, 0.2) is 0 Å². The second-order valence-corrected chi connectivity index (χ2v) is 4.29. The van der Waals surface area contributed by atoms with Gasteiger partial charge in [-0.1, -0.05) is 18.2 Å². The topological polar surface area (TPSA) is 29.1 Å². The number of benzene rings is 1. The third kappa shape index (κ3) is 0.991. The number of halogens is 2. The van der Waals surface area contributed by atoms with Crippen LogP contribution in [0.15, 0.2) is 24.3 Å². The molecule has 1 amide bonds. The molecule has 1 aliphatic carbocycles. The van der Waals surface area contributed by atoms with Gasteiger partial charge in [0.25, 0.3) is 5.92 Å². The smallest absolute Gasteiger partial charge is 0.250 e. The van der Waals surface area contributed by atoms with E-state index in [-0.39, 0.29) is 18.7 Å². The van der Waals surface area contributed by atoms with Crippen LogP contribution in [0.5, 0.6) is 0 Å². The van der Waals surface area contributed by atoms with Gasteiger partial charge < -0.3 is 5.32 Å². The Balaban J connectivity index is 2.08. The van der Waals surface area contributed by atoms with E-state index in [1.807, 2.05) is 0 Å². The molecule has 0 radical (unpaired) electrons. The molecule has 2 aliphatic rings. The van der Waals surface area contributed by atoms with Crippen LogP contribution in [0.1, 0.15) is 18.4 Å². The monoisotopic (exact) mass is 209 g/mol. The first kappa shape index (κ1) is 8.83. The Labute approximate surface area is 85.3 Å². The van der Waals surface area contributed by atoms with Gasteiger partial charge in [-0.05, 0) is 11.6 Å². The van der Waals surface area contributed by atoms with Crippen LogP contribution in [0.2, 0.25) is 0 Å². The van der Waals surface area contributed by atoms with Crippen molar-refractivity contribution in [2.75, 3.05) is 5.32 Å². The first-order chi connectivity index (χ1) is 7.04. The molecule has 78 valence electrons. The highest BCUT2D eigenvalue weighted by atomic mass is 19.3. The maximum Gasteiger partial charge on any atom is 0.250 e. The molecule has 1 N–H and O–H groups in total. The summed E-state index contributed by atoms with van der Waals surface area (Å²) in [4.78, 5) is 11.7. The number of anilines is 1. The normalized spacial score (nSPS) is 24.5. The lowest BCUT2D eigenvalue weighted by Gasteiger charge is -2.42. The predicted octanol–water partition coefficient (Wildman–Crippen LogP) is 2.31. The fraction of sp³-hybridized carbons (Fsp3) is 0.364. The molecular weight excluding hydrogens is 200 g/mol. The van der Waals surface area contributed by atoms with E-state index in [4.69, 9.17) is 0 Å². The first-order valence-electron chi connectivity index (χ1n) is 4.82. The molecule has 0 saturated heterocycles. The SMILES string of the molecule is O=C1Nc2ccccc2C12CC(F)(F)C2. The first-order valence-corrected chi connectivity index (χ1v) is 4.82. The summed E-state index contributed by atoms with van der Waals surface area (Å²) >= 11 is 0. The lowest BCUT2D eigenvalue weighted by Crippen LogP contribution is -2.53. The summed E-state index contributed by atoms with van der Waals surface area (Å²) in [5.74, 6) is -2.97. The quantitative estimate of drug-likeness (QED) is 0.698. The third-order valence-corrected chi connectivity index (χ3v) is 3.25. The zero-order chi connectivity index (χ0) is 10.7. The highest BCUT2D eigenvalue weighted by molar-refractivity contribution is 6.07. The van der Waals surface area contributed by atoms with E-state index >= 15 is 0 Å². The van der Waals surface area contributed by atoms with Crippen LogP contribution >= 0.6 is 0 Å². The molecule has 4 heteroatoms. The minimum Gasteiger partial charge on any atom is -0.325 e. The summed E-state index contributed by atoms with van der Waals surface area (Å²) in [6, 6.07) is 7.06. The number of rotatable bonds is 0. The third-order valence-electron chi connectivity index (χ3n) is 3.25. The minimum absolute atomic E-state index is 0.283. The van der Waals surface area contributed by atoms with Crippen molar-refractivity contribution in [3.05, 3.63) is 29.8 Å². The average Bonchev–Trinajstić information content (AvgIpc) is 2.39. The molecule has 1 spiro atoms. The molecular formula is C11H9F2NO. The number of amides is 1. The van der Waals surface area contributed by atoms with Crippen LogP contribution in [-0.4, -0.2) is 11.8 Å². The van der Waals surface area contributed by atoms with Gasteiger partial charge >= 0.3 is 0 Å². The second-order valence-electron chi connectivity index (χ2n) is 4.29. The number of carbonyl (C=O) groups is 1. The van der Waals surface area contributed by atoms with Crippen molar-refractivity contribution in [2.24, 2.45) is 0 Å². The molecule has 1 fully saturated rings. The van der Waals surface area contributed by atoms with Gasteiger partial charge in [0.1, 0.15) is 0 Å². The fourth-order valence-electron chi connectivity index (χ4n) is 2.56. The zero-order valence-electron chi connectivity index (χ0n) is 7.89. The maximum absolute atomic E-state index is 12.9. The average molecular weight is 209 g/mol. The Bertz CT molecular complexity index is 448. The van der Waals surface area contributed by atoms with Gasteiger partial charge in [0.05, 0.1) is 5.41 Å². The molecule has 1 aromatic rings. The number of fused-ring (bicyclic) bond motifs is 2. The highest BCUT2D eigenvalue weighted by Gasteiger charge is 2.64. The fourth-order valence-corrected chi connectivity index (χ4v) is 2.56. The summed E-state index contributed by atoms with van der Waals surface area (Å²) in [6.07, 6.45) is -0.717. The number of hydrogen-bond acceptors (Lipinski definition) is 1. The van der Waals surface area contributed by atoms with Gasteiger partial charge in [-0.2, -0.15) is 0 Å². The molecule has 15 heavy (non-hydrogen) atoms. The molecule has 1 aliphatic heterocycles. The predicted molar refractivity (Wildman–Crippen MR) is 50.9 cm³/mol. The standard InChI is InChI=1S/C11H9F2NO/c12-11(13)5-10(6-11)7-3-1-2-4-8(7)14-9(10)15/h1-4H,5-6H2,(H,14,15). The van der Waals surface area contributed by atoms with Crippen LogP contribution in [-0.2, 0) is 10.2 Å². The van der Waals surface area contributed by atoms with Gasteiger partial charge in [-0.25, -0.2) is 8.78 Å². The Kier molecular flexibility index (Phi) is 1.40. The van der Waals surface area contributed by atoms with Crippen LogP contribution in [0.3, 0.4) is 0 Å². The summed E-state index contributed by atoms with van der Waals surface area (Å²) in [5.41, 5.74) is 0.444. The number of para-hydroxylation sites is 1. The molecule has 0 aromatic heterocycles. The van der Waals surface area contributed by atoms with Crippen molar-refractivity contribution in [2.45, 2.75) is 24.2 Å². The van der Waals surface area contributed by atoms with E-state index in [2.05, 4.69) is 5.32 Å². The molecule has 1 heterocycles. The number of nitrogens with one attached hydrogen (secondary N) is 1. The van der Waals surface area contributed by atoms with Crippen LogP contribution in [0.25, 0.3) is 0 Å². The molecule has 3 rings (SSSR count). The second kappa shape index (κ2) is 2.38. The molecule has 2 nitrogen and oxygen atoms in total. The lowest BCUT2D eigenvalue weighted by atomic mass is 9.63. The number of hydrogen-bond donors (Lipinski definition) is 1. The van der Waals surface area contributed by atoms with Crippen molar-refractivity contribution < 1.29 is 13.6 Å². The van der Waals surface area contributed by atoms with Crippen molar-refractivity contribution in [1.82, 2.24) is 0 Å². The van der Waals surface area contributed by atoms with Crippen molar-refractivity contribution >= 4 is 11.6 Å². The van der Waals surface area contributed by atoms with E-state index in [9.17, 15) is 13.6 Å². The molecule has 0 atom stereocenters. The van der Waals surface area contributed by atoms with E-state index in [0.29, 0.717) is 5.69 Å². The number of carbonyl (C=O) groups excluding carboxylic acids is 1. The van der Waals surface area contributed by atoms with Crippen LogP contribution in [0.4, 0.5) is 14.5 Å². The maximum atomic E-state index is 12.9. The van der Waals surface area contributed by atoms with Gasteiger partial charge in [-0.3, -0.25) is 4.79 Å². The number of alkyl halides is 2. The Morgan fingerprint density at radius 1 is 1.20 bits per heavy atom. The highest BCUT2D eigenvalue weighted by Crippen LogP contribution is 2.57. The van der Waals surface area contributed by atoms with Crippen LogP contribution in [0, 0.1) is 0 Å². The van der Waals surface area contributed by atoms with E-state index in [0.717, 1.165) is 5.56 Å².